The number of rotatable bonds is 7. The maximum absolute atomic E-state index is 14.2. The predicted octanol–water partition coefficient (Wildman–Crippen LogP) is 5.01. The van der Waals surface area contributed by atoms with Gasteiger partial charge in [0.05, 0.1) is 30.3 Å². The van der Waals surface area contributed by atoms with Crippen molar-refractivity contribution in [3.05, 3.63) is 93.9 Å². The highest BCUT2D eigenvalue weighted by atomic mass is 32.2. The molecule has 1 amide bonds. The van der Waals surface area contributed by atoms with Gasteiger partial charge in [0.15, 0.2) is 5.17 Å². The molecule has 6 nitrogen and oxygen atoms in total. The van der Waals surface area contributed by atoms with Crippen molar-refractivity contribution >= 4 is 28.8 Å². The molecule has 2 aromatic rings. The Hall–Kier alpha value is -3.39. The molecule has 0 radical (unpaired) electrons. The van der Waals surface area contributed by atoms with Gasteiger partial charge in [-0.25, -0.2) is 14.2 Å². The largest absolute Gasteiger partial charge is 0.463 e. The number of amidine groups is 1. The van der Waals surface area contributed by atoms with Crippen LogP contribution in [-0.2, 0) is 20.9 Å². The Morgan fingerprint density at radius 2 is 1.94 bits per heavy atom. The minimum Gasteiger partial charge on any atom is -0.463 e. The van der Waals surface area contributed by atoms with Gasteiger partial charge >= 0.3 is 5.97 Å². The van der Waals surface area contributed by atoms with Gasteiger partial charge in [0, 0.05) is 19.3 Å². The number of esters is 1. The summed E-state index contributed by atoms with van der Waals surface area (Å²) in [6.45, 7) is 4.19. The molecule has 0 aromatic heterocycles. The molecule has 0 N–H and O–H groups in total. The lowest BCUT2D eigenvalue weighted by Gasteiger charge is -2.36. The molecule has 2 aromatic carbocycles. The van der Waals surface area contributed by atoms with Crippen LogP contribution in [0.2, 0.25) is 0 Å². The van der Waals surface area contributed by atoms with E-state index in [9.17, 15) is 14.0 Å². The molecule has 0 bridgehead atoms. The molecule has 176 valence electrons. The molecule has 0 saturated heterocycles. The number of thioether (sulfide) groups is 1. The number of amides is 1. The molecule has 0 aliphatic carbocycles. The van der Waals surface area contributed by atoms with Crippen LogP contribution in [0.4, 0.5) is 4.39 Å². The Bertz CT molecular complexity index is 1190. The minimum absolute atomic E-state index is 0.0705. The summed E-state index contributed by atoms with van der Waals surface area (Å²) in [7, 11) is 1.77. The van der Waals surface area contributed by atoms with E-state index >= 15 is 0 Å². The van der Waals surface area contributed by atoms with Crippen LogP contribution in [0.3, 0.4) is 0 Å². The summed E-state index contributed by atoms with van der Waals surface area (Å²) in [4.78, 5) is 34.2. The third-order valence-electron chi connectivity index (χ3n) is 5.68. The van der Waals surface area contributed by atoms with E-state index in [1.807, 2.05) is 40.6 Å². The Balaban J connectivity index is 1.64. The fraction of sp³-hybridized carbons (Fsp3) is 0.269. The third-order valence-corrected chi connectivity index (χ3v) is 6.57. The molecule has 4 rings (SSSR count). The molecule has 1 unspecified atom stereocenters. The zero-order valence-corrected chi connectivity index (χ0v) is 20.1. The lowest BCUT2D eigenvalue weighted by atomic mass is 9.93. The number of fused-ring (bicyclic) bond motifs is 1. The Morgan fingerprint density at radius 1 is 1.18 bits per heavy atom. The highest BCUT2D eigenvalue weighted by Crippen LogP contribution is 2.45. The maximum atomic E-state index is 14.2. The lowest BCUT2D eigenvalue weighted by Crippen LogP contribution is -2.38. The number of carbonyl (C=O) groups is 2. The summed E-state index contributed by atoms with van der Waals surface area (Å²) in [5.41, 5.74) is 3.20. The van der Waals surface area contributed by atoms with Crippen molar-refractivity contribution in [3.63, 3.8) is 0 Å². The molecule has 0 spiro atoms. The number of aliphatic imine (C=N–C) groups is 1. The normalized spacial score (nSPS) is 17.2. The van der Waals surface area contributed by atoms with Crippen molar-refractivity contribution in [3.8, 4) is 0 Å². The molecule has 34 heavy (non-hydrogen) atoms. The van der Waals surface area contributed by atoms with Gasteiger partial charge in [-0.1, -0.05) is 54.2 Å². The van der Waals surface area contributed by atoms with Crippen molar-refractivity contribution in [2.24, 2.45) is 4.99 Å². The summed E-state index contributed by atoms with van der Waals surface area (Å²) in [6, 6.07) is 15.3. The molecule has 2 heterocycles. The van der Waals surface area contributed by atoms with E-state index in [-0.39, 0.29) is 18.9 Å². The number of nitrogens with zero attached hydrogens (tertiary/aromatic N) is 3. The fourth-order valence-electron chi connectivity index (χ4n) is 4.07. The van der Waals surface area contributed by atoms with Crippen LogP contribution in [0, 0.1) is 5.82 Å². The minimum atomic E-state index is -0.643. The Morgan fingerprint density at radius 3 is 2.65 bits per heavy atom. The average Bonchev–Trinajstić information content (AvgIpc) is 3.20. The van der Waals surface area contributed by atoms with Gasteiger partial charge in [0.25, 0.3) is 0 Å². The molecule has 1 atom stereocenters. The average molecular weight is 480 g/mol. The van der Waals surface area contributed by atoms with Gasteiger partial charge in [0.1, 0.15) is 5.82 Å². The third kappa shape index (κ3) is 4.92. The second kappa shape index (κ2) is 10.3. The second-order valence-corrected chi connectivity index (χ2v) is 8.92. The predicted molar refractivity (Wildman–Crippen MR) is 131 cm³/mol. The molecular weight excluding hydrogens is 453 g/mol. The number of halogens is 1. The molecular formula is C26H26FN3O3S. The van der Waals surface area contributed by atoms with Crippen LogP contribution in [0.25, 0.3) is 0 Å². The van der Waals surface area contributed by atoms with Crippen LogP contribution in [0.15, 0.2) is 82.0 Å². The first-order valence-corrected chi connectivity index (χ1v) is 11.9. The van der Waals surface area contributed by atoms with Crippen molar-refractivity contribution in [2.75, 3.05) is 13.7 Å². The van der Waals surface area contributed by atoms with Crippen molar-refractivity contribution in [1.82, 2.24) is 9.80 Å². The van der Waals surface area contributed by atoms with E-state index in [4.69, 9.17) is 4.74 Å². The highest BCUT2D eigenvalue weighted by molar-refractivity contribution is 8.16. The Kier molecular flexibility index (Phi) is 7.17. The SMILES string of the molecule is CCOC(=O)C1=C(C)N=C2SC=C(CC(=O)N(C)Cc3ccccc3)N2C1c1cccc(F)c1. The summed E-state index contributed by atoms with van der Waals surface area (Å²) in [6.07, 6.45) is 0.121. The topological polar surface area (TPSA) is 62.2 Å². The maximum Gasteiger partial charge on any atom is 0.338 e. The van der Waals surface area contributed by atoms with Gasteiger partial charge in [-0.2, -0.15) is 0 Å². The van der Waals surface area contributed by atoms with E-state index < -0.39 is 17.8 Å². The van der Waals surface area contributed by atoms with Gasteiger partial charge < -0.3 is 14.5 Å². The molecule has 8 heteroatoms. The van der Waals surface area contributed by atoms with E-state index in [0.29, 0.717) is 34.2 Å². The number of hydrogen-bond acceptors (Lipinski definition) is 6. The van der Waals surface area contributed by atoms with E-state index in [0.717, 1.165) is 5.56 Å². The summed E-state index contributed by atoms with van der Waals surface area (Å²) in [5.74, 6) is -0.974. The van der Waals surface area contributed by atoms with E-state index in [2.05, 4.69) is 4.99 Å². The van der Waals surface area contributed by atoms with Gasteiger partial charge in [-0.3, -0.25) is 4.79 Å². The van der Waals surface area contributed by atoms with E-state index in [1.165, 1.54) is 23.9 Å². The fourth-order valence-corrected chi connectivity index (χ4v) is 5.03. The number of hydrogen-bond donors (Lipinski definition) is 0. The molecule has 2 aliphatic rings. The first kappa shape index (κ1) is 23.8. The molecule has 0 saturated carbocycles. The zero-order valence-electron chi connectivity index (χ0n) is 19.3. The van der Waals surface area contributed by atoms with Crippen LogP contribution >= 0.6 is 11.8 Å². The zero-order chi connectivity index (χ0) is 24.2. The molecule has 2 aliphatic heterocycles. The van der Waals surface area contributed by atoms with Crippen molar-refractivity contribution in [2.45, 2.75) is 32.9 Å². The van der Waals surface area contributed by atoms with Crippen LogP contribution in [0.1, 0.15) is 37.4 Å². The summed E-state index contributed by atoms with van der Waals surface area (Å²) < 4.78 is 19.5. The number of benzene rings is 2. The van der Waals surface area contributed by atoms with Crippen molar-refractivity contribution in [1.29, 1.82) is 0 Å². The summed E-state index contributed by atoms with van der Waals surface area (Å²) >= 11 is 1.39. The Labute approximate surface area is 202 Å². The van der Waals surface area contributed by atoms with Crippen LogP contribution < -0.4 is 0 Å². The van der Waals surface area contributed by atoms with Crippen LogP contribution in [0.5, 0.6) is 0 Å². The lowest BCUT2D eigenvalue weighted by molar-refractivity contribution is -0.139. The second-order valence-electron chi connectivity index (χ2n) is 8.08. The quantitative estimate of drug-likeness (QED) is 0.523. The number of carbonyl (C=O) groups excluding carboxylic acids is 2. The van der Waals surface area contributed by atoms with Gasteiger partial charge in [-0.15, -0.1) is 0 Å². The van der Waals surface area contributed by atoms with Crippen molar-refractivity contribution < 1.29 is 18.7 Å². The monoisotopic (exact) mass is 479 g/mol. The van der Waals surface area contributed by atoms with E-state index in [1.54, 1.807) is 37.9 Å². The smallest absolute Gasteiger partial charge is 0.338 e. The number of ether oxygens (including phenoxy) is 1. The van der Waals surface area contributed by atoms with Gasteiger partial charge in [0.2, 0.25) is 5.91 Å². The van der Waals surface area contributed by atoms with Crippen LogP contribution in [-0.4, -0.2) is 40.5 Å². The highest BCUT2D eigenvalue weighted by Gasteiger charge is 2.41. The molecule has 0 fully saturated rings. The number of allylic oxidation sites excluding steroid dienone is 1. The first-order chi connectivity index (χ1) is 16.4. The summed E-state index contributed by atoms with van der Waals surface area (Å²) in [5, 5.41) is 2.52. The van der Waals surface area contributed by atoms with Gasteiger partial charge in [-0.05, 0) is 42.5 Å². The first-order valence-electron chi connectivity index (χ1n) is 11.0. The standard InChI is InChI=1S/C26H26FN3O3S/c1-4-33-25(32)23-17(2)28-26-30(24(23)19-11-8-12-20(27)13-19)21(16-34-26)14-22(31)29(3)15-18-9-6-5-7-10-18/h5-13,16,24H,4,14-15H2,1-3H3.